The molecule has 11 nitrogen and oxygen atoms in total. The van der Waals surface area contributed by atoms with Crippen molar-refractivity contribution in [1.29, 1.82) is 0 Å². The summed E-state index contributed by atoms with van der Waals surface area (Å²) in [5, 5.41) is 15.5. The number of amides is 4. The summed E-state index contributed by atoms with van der Waals surface area (Å²) >= 11 is 2.12. The second kappa shape index (κ2) is 15.4. The van der Waals surface area contributed by atoms with Gasteiger partial charge in [-0.25, -0.2) is 14.8 Å². The van der Waals surface area contributed by atoms with Crippen LogP contribution in [0.3, 0.4) is 0 Å². The molecule has 2 heterocycles. The molecule has 2 aliphatic rings. The van der Waals surface area contributed by atoms with Gasteiger partial charge in [0.15, 0.2) is 0 Å². The summed E-state index contributed by atoms with van der Waals surface area (Å²) in [7, 11) is 1.67. The Hall–Kier alpha value is -4.17. The van der Waals surface area contributed by atoms with Crippen LogP contribution in [0.15, 0.2) is 84.9 Å². The number of carbonyl (C=O) groups is 4. The number of rotatable bonds is 12. The van der Waals surface area contributed by atoms with E-state index in [0.29, 0.717) is 17.6 Å². The molecule has 2 aliphatic heterocycles. The molecule has 2 atom stereocenters. The first-order chi connectivity index (χ1) is 22.3. The van der Waals surface area contributed by atoms with Gasteiger partial charge in [-0.2, -0.15) is 0 Å². The summed E-state index contributed by atoms with van der Waals surface area (Å²) in [5.74, 6) is -0.938. The Labute approximate surface area is 282 Å². The number of carboxylic acid groups (broad SMARTS) is 1. The van der Waals surface area contributed by atoms with Crippen molar-refractivity contribution < 1.29 is 29.0 Å². The number of hydrogen-bond acceptors (Lipinski definition) is 6. The summed E-state index contributed by atoms with van der Waals surface area (Å²) in [6.07, 6.45) is -0.519. The van der Waals surface area contributed by atoms with E-state index in [9.17, 15) is 24.3 Å². The van der Waals surface area contributed by atoms with Gasteiger partial charge in [-0.05, 0) is 64.3 Å². The number of nitrogens with one attached hydrogen (secondary N) is 1. The number of benzene rings is 3. The van der Waals surface area contributed by atoms with Crippen molar-refractivity contribution >= 4 is 46.4 Å². The number of fused-ring (bicyclic) bond motifs is 1. The van der Waals surface area contributed by atoms with Gasteiger partial charge in [0.25, 0.3) is 0 Å². The molecule has 3 aromatic carbocycles. The van der Waals surface area contributed by atoms with Gasteiger partial charge in [-0.3, -0.25) is 14.4 Å². The minimum absolute atomic E-state index is 0.00873. The predicted octanol–water partition coefficient (Wildman–Crippen LogP) is 4.28. The van der Waals surface area contributed by atoms with E-state index in [-0.39, 0.29) is 50.2 Å². The first-order valence-corrected chi connectivity index (χ1v) is 16.8. The van der Waals surface area contributed by atoms with E-state index >= 15 is 0 Å². The van der Waals surface area contributed by atoms with Crippen molar-refractivity contribution in [3.8, 4) is 5.75 Å². The van der Waals surface area contributed by atoms with E-state index in [4.69, 9.17) is 4.74 Å². The van der Waals surface area contributed by atoms with Gasteiger partial charge in [0.2, 0.25) is 11.8 Å². The van der Waals surface area contributed by atoms with E-state index in [1.54, 1.807) is 17.0 Å². The van der Waals surface area contributed by atoms with Crippen LogP contribution in [0, 0.1) is 0 Å². The van der Waals surface area contributed by atoms with Gasteiger partial charge < -0.3 is 25.0 Å². The molecule has 2 N–H and O–H groups in total. The van der Waals surface area contributed by atoms with Crippen LogP contribution in [0.5, 0.6) is 5.75 Å². The number of halogens is 1. The largest absolute Gasteiger partial charge is 0.483 e. The van der Waals surface area contributed by atoms with Gasteiger partial charge in [-0.15, -0.1) is 0 Å². The van der Waals surface area contributed by atoms with E-state index in [2.05, 4.69) is 52.2 Å². The van der Waals surface area contributed by atoms with E-state index < -0.39 is 24.2 Å². The number of hydrogen-bond donors (Lipinski definition) is 2. The van der Waals surface area contributed by atoms with Gasteiger partial charge in [-0.1, -0.05) is 72.8 Å². The molecule has 4 amide bonds. The maximum Gasteiger partial charge on any atom is 0.334 e. The van der Waals surface area contributed by atoms with Crippen molar-refractivity contribution in [3.63, 3.8) is 0 Å². The summed E-state index contributed by atoms with van der Waals surface area (Å²) in [6.45, 7) is 0.590. The standard InChI is InChI=1S/C34H38IN5O6/c1-37-22-31(41)39-29(16-17-32(42)43)33(44)38(19-18-28(25-8-4-2-5-9-25)26-10-6-3-7-11-26)21-30(39)40(37)34(45)36-20-24-12-14-27(15-13-24)46-23-35/h2-15,28-30H,16-23H2,1H3,(H,36,45)(H,42,43)/t29-,30-/m0/s1. The maximum atomic E-state index is 14.0. The third-order valence-electron chi connectivity index (χ3n) is 8.46. The molecule has 46 heavy (non-hydrogen) atoms. The highest BCUT2D eigenvalue weighted by Crippen LogP contribution is 2.32. The lowest BCUT2D eigenvalue weighted by Gasteiger charge is -2.54. The first-order valence-electron chi connectivity index (χ1n) is 15.2. The molecule has 0 aliphatic carbocycles. The molecule has 3 aromatic rings. The number of carboxylic acids is 1. The molecule has 2 fully saturated rings. The number of piperazine rings is 1. The predicted molar refractivity (Wildman–Crippen MR) is 180 cm³/mol. The smallest absolute Gasteiger partial charge is 0.334 e. The summed E-state index contributed by atoms with van der Waals surface area (Å²) in [5.41, 5.74) is 3.10. The van der Waals surface area contributed by atoms with Crippen LogP contribution < -0.4 is 10.1 Å². The topological polar surface area (TPSA) is 123 Å². The number of likely N-dealkylation sites (N-methyl/N-ethyl adjacent to an activating group) is 1. The van der Waals surface area contributed by atoms with Crippen LogP contribution in [-0.4, -0.2) is 92.2 Å². The zero-order valence-electron chi connectivity index (χ0n) is 25.6. The quantitative estimate of drug-likeness (QED) is 0.210. The number of nitrogens with zero attached hydrogens (tertiary/aromatic N) is 4. The van der Waals surface area contributed by atoms with Crippen molar-refractivity contribution in [2.24, 2.45) is 0 Å². The Bertz CT molecular complexity index is 1470. The fourth-order valence-corrected chi connectivity index (χ4v) is 6.61. The Morgan fingerprint density at radius 3 is 2.20 bits per heavy atom. The van der Waals surface area contributed by atoms with Crippen molar-refractivity contribution in [3.05, 3.63) is 102 Å². The van der Waals surface area contributed by atoms with Crippen LogP contribution >= 0.6 is 22.6 Å². The number of hydrazine groups is 1. The van der Waals surface area contributed by atoms with Crippen molar-refractivity contribution in [2.75, 3.05) is 31.3 Å². The van der Waals surface area contributed by atoms with Gasteiger partial charge in [0.1, 0.15) is 22.6 Å². The highest BCUT2D eigenvalue weighted by molar-refractivity contribution is 14.1. The Morgan fingerprint density at radius 1 is 0.978 bits per heavy atom. The molecular formula is C34H38IN5O6. The average Bonchev–Trinajstić information content (AvgIpc) is 3.05. The van der Waals surface area contributed by atoms with Crippen molar-refractivity contribution in [1.82, 2.24) is 25.1 Å². The molecule has 12 heteroatoms. The number of aliphatic carboxylic acids is 1. The average molecular weight is 740 g/mol. The molecule has 0 unspecified atom stereocenters. The van der Waals surface area contributed by atoms with E-state index in [0.717, 1.165) is 22.4 Å². The lowest BCUT2D eigenvalue weighted by atomic mass is 9.88. The molecule has 0 bridgehead atoms. The summed E-state index contributed by atoms with van der Waals surface area (Å²) < 4.78 is 6.02. The summed E-state index contributed by atoms with van der Waals surface area (Å²) in [4.78, 5) is 55.8. The third kappa shape index (κ3) is 7.79. The fraction of sp³-hybridized carbons (Fsp3) is 0.353. The normalized spacial score (nSPS) is 18.5. The molecule has 5 rings (SSSR count). The van der Waals surface area contributed by atoms with Crippen molar-refractivity contribution in [2.45, 2.75) is 43.9 Å². The molecule has 2 saturated heterocycles. The second-order valence-electron chi connectivity index (χ2n) is 11.4. The van der Waals surface area contributed by atoms with Gasteiger partial charge in [0.05, 0.1) is 13.1 Å². The highest BCUT2D eigenvalue weighted by Gasteiger charge is 2.50. The van der Waals surface area contributed by atoms with Crippen LogP contribution in [0.2, 0.25) is 0 Å². The van der Waals surface area contributed by atoms with E-state index in [1.165, 1.54) is 9.91 Å². The number of alkyl halides is 1. The van der Waals surface area contributed by atoms with Crippen LogP contribution in [0.25, 0.3) is 0 Å². The van der Waals surface area contributed by atoms with Gasteiger partial charge in [0, 0.05) is 32.5 Å². The molecule has 0 saturated carbocycles. The lowest BCUT2D eigenvalue weighted by Crippen LogP contribution is -2.76. The Kier molecular flexibility index (Phi) is 11.1. The number of ether oxygens (including phenoxy) is 1. The monoisotopic (exact) mass is 739 g/mol. The lowest BCUT2D eigenvalue weighted by molar-refractivity contribution is -0.187. The Balaban J connectivity index is 1.38. The Morgan fingerprint density at radius 2 is 1.61 bits per heavy atom. The van der Waals surface area contributed by atoms with E-state index in [1.807, 2.05) is 60.7 Å². The number of carbonyl (C=O) groups excluding carboxylic acids is 3. The molecule has 0 spiro atoms. The minimum atomic E-state index is -1.05. The van der Waals surface area contributed by atoms with Gasteiger partial charge >= 0.3 is 12.0 Å². The number of urea groups is 1. The zero-order valence-corrected chi connectivity index (χ0v) is 27.8. The second-order valence-corrected chi connectivity index (χ2v) is 12.0. The van der Waals surface area contributed by atoms with Crippen LogP contribution in [-0.2, 0) is 20.9 Å². The zero-order chi connectivity index (χ0) is 32.6. The minimum Gasteiger partial charge on any atom is -0.483 e. The molecule has 0 aromatic heterocycles. The molecule has 242 valence electrons. The highest BCUT2D eigenvalue weighted by atomic mass is 127. The summed E-state index contributed by atoms with van der Waals surface area (Å²) in [6, 6.07) is 26.2. The van der Waals surface area contributed by atoms with Crippen LogP contribution in [0.1, 0.15) is 41.9 Å². The molecule has 0 radical (unpaired) electrons. The molecular weight excluding hydrogens is 701 g/mol. The first kappa shape index (κ1) is 33.2. The maximum absolute atomic E-state index is 14.0. The third-order valence-corrected chi connectivity index (χ3v) is 8.77. The fourth-order valence-electron chi connectivity index (χ4n) is 6.25. The van der Waals surface area contributed by atoms with Crippen LogP contribution in [0.4, 0.5) is 4.79 Å². The SMILES string of the molecule is CN1CC(=O)N2[C@@H](CCC(=O)O)C(=O)N(CCC(c3ccccc3)c3ccccc3)C[C@@H]2N1C(=O)NCc1ccc(OCI)cc1.